The monoisotopic (exact) mass is 425 g/mol. The number of hydrogen-bond donors (Lipinski definition) is 3. The number of ether oxygens (including phenoxy) is 1. The predicted molar refractivity (Wildman–Crippen MR) is 115 cm³/mol. The third-order valence-electron chi connectivity index (χ3n) is 5.27. The maximum Gasteiger partial charge on any atom is 0.217 e. The molecule has 0 bridgehead atoms. The number of fused-ring (bicyclic) bond motifs is 1. The van der Waals surface area contributed by atoms with E-state index in [1.54, 1.807) is 13.8 Å². The number of hydrogen-bond acceptors (Lipinski definition) is 9. The Labute approximate surface area is 179 Å². The molecule has 0 radical (unpaired) electrons. The average Bonchev–Trinajstić information content (AvgIpc) is 3.30. The zero-order valence-electron chi connectivity index (χ0n) is 17.9. The minimum Gasteiger partial charge on any atom is -0.473 e. The molecule has 1 fully saturated rings. The highest BCUT2D eigenvalue weighted by molar-refractivity contribution is 5.86. The van der Waals surface area contributed by atoms with Gasteiger partial charge in [0.15, 0.2) is 17.3 Å². The molecule has 3 heterocycles. The van der Waals surface area contributed by atoms with Gasteiger partial charge in [-0.1, -0.05) is 12.3 Å². The van der Waals surface area contributed by atoms with Crippen molar-refractivity contribution >= 4 is 16.9 Å². The lowest BCUT2D eigenvalue weighted by Crippen LogP contribution is -2.41. The molecule has 0 unspecified atom stereocenters. The highest BCUT2D eigenvalue weighted by Gasteiger charge is 2.26. The lowest BCUT2D eigenvalue weighted by Gasteiger charge is -2.28. The van der Waals surface area contributed by atoms with Gasteiger partial charge in [0.1, 0.15) is 22.9 Å². The summed E-state index contributed by atoms with van der Waals surface area (Å²) >= 11 is 0. The Morgan fingerprint density at radius 1 is 1.29 bits per heavy atom. The van der Waals surface area contributed by atoms with Gasteiger partial charge in [-0.25, -0.2) is 14.6 Å². The number of pyridine rings is 1. The Kier molecular flexibility index (Phi) is 5.56. The van der Waals surface area contributed by atoms with E-state index in [-0.39, 0.29) is 18.0 Å². The number of nitrogen functional groups attached to an aromatic ring is 1. The van der Waals surface area contributed by atoms with E-state index < -0.39 is 5.60 Å². The summed E-state index contributed by atoms with van der Waals surface area (Å²) in [5, 5.41) is 17.6. The molecular formula is C21H27N7O3. The molecule has 0 spiro atoms. The molecule has 1 aliphatic carbocycles. The first-order chi connectivity index (χ1) is 14.8. The molecule has 3 aromatic heterocycles. The summed E-state index contributed by atoms with van der Waals surface area (Å²) in [7, 11) is 0. The molecule has 10 nitrogen and oxygen atoms in total. The second-order valence-electron chi connectivity index (χ2n) is 8.27. The predicted octanol–water partition coefficient (Wildman–Crippen LogP) is 1.85. The first-order valence-electron chi connectivity index (χ1n) is 10.4. The minimum absolute atomic E-state index is 0.0372. The van der Waals surface area contributed by atoms with Crippen molar-refractivity contribution in [3.05, 3.63) is 11.8 Å². The third-order valence-corrected chi connectivity index (χ3v) is 5.27. The van der Waals surface area contributed by atoms with Crippen LogP contribution in [-0.2, 0) is 6.54 Å². The van der Waals surface area contributed by atoms with Gasteiger partial charge < -0.3 is 25.9 Å². The van der Waals surface area contributed by atoms with Gasteiger partial charge in [0.2, 0.25) is 5.88 Å². The quantitative estimate of drug-likeness (QED) is 0.532. The molecule has 31 heavy (non-hydrogen) atoms. The van der Waals surface area contributed by atoms with Crippen molar-refractivity contribution in [3.63, 3.8) is 0 Å². The van der Waals surface area contributed by atoms with Crippen molar-refractivity contribution in [2.45, 2.75) is 70.7 Å². The fraction of sp³-hybridized carbons (Fsp3) is 0.524. The van der Waals surface area contributed by atoms with Crippen LogP contribution in [0.1, 0.15) is 52.1 Å². The summed E-state index contributed by atoms with van der Waals surface area (Å²) in [6.07, 6.45) is 3.87. The van der Waals surface area contributed by atoms with Crippen LogP contribution in [0.4, 0.5) is 5.82 Å². The van der Waals surface area contributed by atoms with Crippen molar-refractivity contribution in [3.8, 4) is 29.2 Å². The van der Waals surface area contributed by atoms with E-state index in [4.69, 9.17) is 20.8 Å². The molecule has 1 aliphatic rings. The lowest BCUT2D eigenvalue weighted by atomic mass is 9.93. The number of aryl methyl sites for hydroxylation is 1. The van der Waals surface area contributed by atoms with E-state index in [0.29, 0.717) is 35.2 Å². The van der Waals surface area contributed by atoms with Gasteiger partial charge in [0.05, 0.1) is 5.52 Å². The van der Waals surface area contributed by atoms with Gasteiger partial charge in [-0.2, -0.15) is 0 Å². The Hall–Kier alpha value is -3.16. The fourth-order valence-electron chi connectivity index (χ4n) is 3.74. The zero-order valence-corrected chi connectivity index (χ0v) is 17.9. The number of nitrogens with zero attached hydrogens (tertiary/aromatic N) is 5. The van der Waals surface area contributed by atoms with Crippen LogP contribution in [0.2, 0.25) is 0 Å². The number of anilines is 1. The molecule has 164 valence electrons. The SMILES string of the molecule is CCn1c(-c2nonc2N)nc2c(C#CC(C)(C)O)nc(O[C@H]3CCCC[C@H]3N)cc21. The summed E-state index contributed by atoms with van der Waals surface area (Å²) < 4.78 is 12.9. The average molecular weight is 425 g/mol. The smallest absolute Gasteiger partial charge is 0.217 e. The van der Waals surface area contributed by atoms with Crippen molar-refractivity contribution in [1.29, 1.82) is 0 Å². The Morgan fingerprint density at radius 3 is 2.71 bits per heavy atom. The topological polar surface area (TPSA) is 151 Å². The molecule has 4 rings (SSSR count). The van der Waals surface area contributed by atoms with Crippen molar-refractivity contribution in [2.75, 3.05) is 5.73 Å². The third kappa shape index (κ3) is 4.33. The Balaban J connectivity index is 1.87. The molecule has 1 saturated carbocycles. The van der Waals surface area contributed by atoms with E-state index in [2.05, 4.69) is 32.1 Å². The Morgan fingerprint density at radius 2 is 2.06 bits per heavy atom. The first kappa shape index (κ1) is 21.1. The summed E-state index contributed by atoms with van der Waals surface area (Å²) in [4.78, 5) is 9.28. The van der Waals surface area contributed by atoms with Gasteiger partial charge in [-0.3, -0.25) is 0 Å². The van der Waals surface area contributed by atoms with Crippen molar-refractivity contribution in [1.82, 2.24) is 24.8 Å². The van der Waals surface area contributed by atoms with E-state index >= 15 is 0 Å². The van der Waals surface area contributed by atoms with E-state index in [1.165, 1.54) is 0 Å². The normalized spacial score (nSPS) is 19.3. The number of rotatable bonds is 4. The molecular weight excluding hydrogens is 398 g/mol. The molecule has 2 atom stereocenters. The molecule has 0 amide bonds. The fourth-order valence-corrected chi connectivity index (χ4v) is 3.74. The van der Waals surface area contributed by atoms with E-state index in [0.717, 1.165) is 31.2 Å². The molecule has 5 N–H and O–H groups in total. The van der Waals surface area contributed by atoms with Crippen LogP contribution in [0.15, 0.2) is 10.7 Å². The zero-order chi connectivity index (χ0) is 22.2. The highest BCUT2D eigenvalue weighted by atomic mass is 16.6. The van der Waals surface area contributed by atoms with Crippen LogP contribution in [0.3, 0.4) is 0 Å². The van der Waals surface area contributed by atoms with Gasteiger partial charge in [0, 0.05) is 18.7 Å². The maximum absolute atomic E-state index is 10.1. The standard InChI is InChI=1S/C21H27N7O3/c1-4-28-14-11-16(30-15-8-6-5-7-12(15)22)24-13(9-10-21(2,3)29)17(14)25-20(28)18-19(23)27-31-26-18/h11-12,15,29H,4-8,22H2,1-3H3,(H2,23,27)/t12-,15+/m1/s1. The summed E-state index contributed by atoms with van der Waals surface area (Å²) in [5.41, 5.74) is 13.0. The van der Waals surface area contributed by atoms with Gasteiger partial charge in [-0.05, 0) is 56.3 Å². The van der Waals surface area contributed by atoms with Crippen LogP contribution in [0, 0.1) is 11.8 Å². The number of aromatic nitrogens is 5. The van der Waals surface area contributed by atoms with Gasteiger partial charge in [-0.15, -0.1) is 0 Å². The number of imidazole rings is 1. The minimum atomic E-state index is -1.19. The van der Waals surface area contributed by atoms with Crippen molar-refractivity contribution < 1.29 is 14.5 Å². The van der Waals surface area contributed by atoms with Crippen molar-refractivity contribution in [2.24, 2.45) is 5.73 Å². The molecule has 0 saturated heterocycles. The number of nitrogens with two attached hydrogens (primary N) is 2. The van der Waals surface area contributed by atoms with Crippen LogP contribution in [-0.4, -0.2) is 47.7 Å². The van der Waals surface area contributed by atoms with Gasteiger partial charge >= 0.3 is 0 Å². The largest absolute Gasteiger partial charge is 0.473 e. The van der Waals surface area contributed by atoms with Crippen LogP contribution in [0.25, 0.3) is 22.6 Å². The molecule has 10 heteroatoms. The van der Waals surface area contributed by atoms with E-state index in [9.17, 15) is 5.11 Å². The molecule has 3 aromatic rings. The summed E-state index contributed by atoms with van der Waals surface area (Å²) in [6.45, 7) is 5.78. The summed E-state index contributed by atoms with van der Waals surface area (Å²) in [6, 6.07) is 1.79. The van der Waals surface area contributed by atoms with Gasteiger partial charge in [0.25, 0.3) is 0 Å². The second kappa shape index (κ2) is 8.17. The van der Waals surface area contributed by atoms with E-state index in [1.807, 2.05) is 17.6 Å². The molecule has 0 aliphatic heterocycles. The maximum atomic E-state index is 10.1. The lowest BCUT2D eigenvalue weighted by molar-refractivity contribution is 0.127. The summed E-state index contributed by atoms with van der Waals surface area (Å²) in [5.74, 6) is 6.82. The number of aliphatic hydroxyl groups is 1. The van der Waals surface area contributed by atoms with Crippen LogP contribution in [0.5, 0.6) is 5.88 Å². The Bertz CT molecular complexity index is 1150. The van der Waals surface area contributed by atoms with Crippen LogP contribution < -0.4 is 16.2 Å². The van der Waals surface area contributed by atoms with Crippen LogP contribution >= 0.6 is 0 Å². The second-order valence-corrected chi connectivity index (χ2v) is 8.27. The highest BCUT2D eigenvalue weighted by Crippen LogP contribution is 2.31. The first-order valence-corrected chi connectivity index (χ1v) is 10.4. The molecule has 0 aromatic carbocycles.